The fourth-order valence-electron chi connectivity index (χ4n) is 9.38. The summed E-state index contributed by atoms with van der Waals surface area (Å²) in [5.41, 5.74) is 8.30. The lowest BCUT2D eigenvalue weighted by molar-refractivity contribution is 0.238. The molecule has 4 aromatic rings. The van der Waals surface area contributed by atoms with Crippen molar-refractivity contribution in [2.24, 2.45) is 22.2 Å². The summed E-state index contributed by atoms with van der Waals surface area (Å²) in [4.78, 5) is 12.9. The van der Waals surface area contributed by atoms with Gasteiger partial charge in [-0.2, -0.15) is 15.8 Å². The van der Waals surface area contributed by atoms with Crippen LogP contribution in [0.1, 0.15) is 66.5 Å². The first kappa shape index (κ1) is 32.4. The molecule has 0 saturated heterocycles. The molecule has 0 spiro atoms. The Morgan fingerprint density at radius 3 is 2.53 bits per heavy atom. The topological polar surface area (TPSA) is 105 Å². The van der Waals surface area contributed by atoms with Gasteiger partial charge in [-0.25, -0.2) is 4.98 Å². The van der Waals surface area contributed by atoms with E-state index in [0.717, 1.165) is 56.2 Å². The molecule has 5 aliphatic rings. The number of fused-ring (bicyclic) bond motifs is 6. The largest absolute Gasteiger partial charge is 0.302 e. The molecule has 256 valence electrons. The zero-order valence-corrected chi connectivity index (χ0v) is 29.7. The lowest BCUT2D eigenvalue weighted by Gasteiger charge is -2.42. The number of aliphatic imine (C=N–C) groups is 1. The Bertz CT molecular complexity index is 2550. The van der Waals surface area contributed by atoms with Crippen LogP contribution in [0.15, 0.2) is 125 Å². The van der Waals surface area contributed by atoms with Gasteiger partial charge in [-0.15, -0.1) is 0 Å². The highest BCUT2D eigenvalue weighted by atomic mass is 15.3. The van der Waals surface area contributed by atoms with Crippen LogP contribution in [0, 0.1) is 51.2 Å². The third-order valence-electron chi connectivity index (χ3n) is 11.8. The quantitative estimate of drug-likeness (QED) is 0.212. The van der Waals surface area contributed by atoms with Gasteiger partial charge in [-0.1, -0.05) is 74.6 Å². The molecular formula is C46H37N7. The van der Waals surface area contributed by atoms with Crippen molar-refractivity contribution in [3.8, 4) is 24.0 Å². The molecule has 0 amide bonds. The smallest absolute Gasteiger partial charge is 0.140 e. The average molecular weight is 688 g/mol. The number of para-hydroxylation sites is 1. The zero-order valence-electron chi connectivity index (χ0n) is 29.7. The highest BCUT2D eigenvalue weighted by Crippen LogP contribution is 2.52. The van der Waals surface area contributed by atoms with Gasteiger partial charge >= 0.3 is 0 Å². The maximum Gasteiger partial charge on any atom is 0.140 e. The van der Waals surface area contributed by atoms with E-state index in [1.807, 2.05) is 48.7 Å². The number of hydrogen-bond acceptors (Lipinski definition) is 6. The van der Waals surface area contributed by atoms with Crippen LogP contribution >= 0.6 is 0 Å². The van der Waals surface area contributed by atoms with Crippen molar-refractivity contribution in [1.29, 1.82) is 15.8 Å². The molecule has 3 aliphatic carbocycles. The molecule has 4 heterocycles. The van der Waals surface area contributed by atoms with Crippen LogP contribution in [0.2, 0.25) is 0 Å². The molecule has 6 atom stereocenters. The standard InChI is InChI=1S/C46H37N7/c1-29-9-3-5-13-38(46(2)19-7-10-32(25-46)28-49)44(29)33-23-42(51-43(24-33)53-39-14-6-4-11-34(39)35-12-8-20-50-45(35)53)52-40-17-15-30(26-47)21-36(40)37-22-31(27-48)16-18-41(37)52/h3-15,17,19-24,29,35,38,44-45H,16,18,25H2,1-2H3. The van der Waals surface area contributed by atoms with E-state index in [4.69, 9.17) is 9.98 Å². The molecule has 7 nitrogen and oxygen atoms in total. The van der Waals surface area contributed by atoms with Crippen LogP contribution in [-0.4, -0.2) is 21.9 Å². The van der Waals surface area contributed by atoms with Gasteiger partial charge < -0.3 is 4.90 Å². The Labute approximate surface area is 309 Å². The average Bonchev–Trinajstić information content (AvgIpc) is 3.62. The third kappa shape index (κ3) is 5.22. The molecule has 2 aliphatic heterocycles. The number of benzene rings is 2. The minimum Gasteiger partial charge on any atom is -0.302 e. The van der Waals surface area contributed by atoms with Gasteiger partial charge in [-0.05, 0) is 108 Å². The lowest BCUT2D eigenvalue weighted by atomic mass is 9.62. The van der Waals surface area contributed by atoms with Gasteiger partial charge in [-0.3, -0.25) is 9.56 Å². The summed E-state index contributed by atoms with van der Waals surface area (Å²) in [6.07, 6.45) is 25.2. The molecule has 7 heteroatoms. The number of anilines is 2. The molecule has 6 unspecified atom stereocenters. The van der Waals surface area contributed by atoms with E-state index < -0.39 is 0 Å². The first-order chi connectivity index (χ1) is 25.9. The molecule has 9 rings (SSSR count). The van der Waals surface area contributed by atoms with E-state index in [-0.39, 0.29) is 35.3 Å². The van der Waals surface area contributed by atoms with Gasteiger partial charge in [0.2, 0.25) is 0 Å². The van der Waals surface area contributed by atoms with Crippen molar-refractivity contribution in [2.45, 2.75) is 51.1 Å². The minimum absolute atomic E-state index is 0.0505. The Morgan fingerprint density at radius 2 is 1.68 bits per heavy atom. The number of allylic oxidation sites excluding steroid dienone is 10. The molecule has 0 saturated carbocycles. The van der Waals surface area contributed by atoms with Crippen LogP contribution < -0.4 is 4.90 Å². The maximum absolute atomic E-state index is 9.98. The van der Waals surface area contributed by atoms with Crippen molar-refractivity contribution in [2.75, 3.05) is 4.90 Å². The normalized spacial score (nSPS) is 26.5. The molecule has 2 aromatic carbocycles. The summed E-state index contributed by atoms with van der Waals surface area (Å²) in [5.74, 6) is 2.01. The predicted octanol–water partition coefficient (Wildman–Crippen LogP) is 9.83. The molecule has 53 heavy (non-hydrogen) atoms. The number of hydrogen-bond donors (Lipinski definition) is 0. The van der Waals surface area contributed by atoms with Crippen LogP contribution in [0.25, 0.3) is 22.8 Å². The Balaban J connectivity index is 1.31. The molecule has 2 aromatic heterocycles. The minimum atomic E-state index is -0.292. The second kappa shape index (κ2) is 12.6. The summed E-state index contributed by atoms with van der Waals surface area (Å²) in [6.45, 7) is 4.57. The lowest BCUT2D eigenvalue weighted by Crippen LogP contribution is -2.33. The maximum atomic E-state index is 9.98. The van der Waals surface area contributed by atoms with Crippen LogP contribution in [0.4, 0.5) is 11.5 Å². The Hall–Kier alpha value is -6.49. The van der Waals surface area contributed by atoms with Gasteiger partial charge in [0.1, 0.15) is 17.8 Å². The Morgan fingerprint density at radius 1 is 0.849 bits per heavy atom. The molecule has 0 bridgehead atoms. The fraction of sp³-hybridized carbons (Fsp3) is 0.239. The third-order valence-corrected chi connectivity index (χ3v) is 11.8. The van der Waals surface area contributed by atoms with Gasteiger partial charge in [0.15, 0.2) is 0 Å². The number of rotatable bonds is 4. The number of dihydropyridines is 1. The Kier molecular flexibility index (Phi) is 7.72. The first-order valence-electron chi connectivity index (χ1n) is 18.3. The molecular weight excluding hydrogens is 651 g/mol. The van der Waals surface area contributed by atoms with E-state index >= 15 is 0 Å². The van der Waals surface area contributed by atoms with Crippen molar-refractivity contribution in [3.05, 3.63) is 148 Å². The second-order valence-electron chi connectivity index (χ2n) is 15.0. The summed E-state index contributed by atoms with van der Waals surface area (Å²) in [6, 6.07) is 26.0. The van der Waals surface area contributed by atoms with Gasteiger partial charge in [0.25, 0.3) is 0 Å². The van der Waals surface area contributed by atoms with E-state index in [2.05, 4.69) is 114 Å². The van der Waals surface area contributed by atoms with Gasteiger partial charge in [0, 0.05) is 45.6 Å². The molecule has 0 fully saturated rings. The molecule has 0 radical (unpaired) electrons. The first-order valence-corrected chi connectivity index (χ1v) is 18.3. The van der Waals surface area contributed by atoms with E-state index in [1.165, 1.54) is 5.56 Å². The van der Waals surface area contributed by atoms with Crippen LogP contribution in [-0.2, 0) is 6.42 Å². The van der Waals surface area contributed by atoms with E-state index in [9.17, 15) is 15.8 Å². The monoisotopic (exact) mass is 687 g/mol. The van der Waals surface area contributed by atoms with Crippen LogP contribution in [0.3, 0.4) is 0 Å². The van der Waals surface area contributed by atoms with E-state index in [1.54, 1.807) is 0 Å². The molecule has 0 N–H and O–H groups in total. The van der Waals surface area contributed by atoms with E-state index in [0.29, 0.717) is 24.8 Å². The number of aromatic nitrogens is 2. The second-order valence-corrected chi connectivity index (χ2v) is 15.0. The fourth-order valence-corrected chi connectivity index (χ4v) is 9.38. The summed E-state index contributed by atoms with van der Waals surface area (Å²) < 4.78 is 2.26. The zero-order chi connectivity index (χ0) is 36.3. The number of nitrogens with zero attached hydrogens (tertiary/aromatic N) is 7. The van der Waals surface area contributed by atoms with Crippen molar-refractivity contribution < 1.29 is 0 Å². The predicted molar refractivity (Wildman–Crippen MR) is 210 cm³/mol. The summed E-state index contributed by atoms with van der Waals surface area (Å²) >= 11 is 0. The summed E-state index contributed by atoms with van der Waals surface area (Å²) in [7, 11) is 0. The van der Waals surface area contributed by atoms with Crippen molar-refractivity contribution in [3.63, 3.8) is 0 Å². The summed E-state index contributed by atoms with van der Waals surface area (Å²) in [5, 5.41) is 30.7. The SMILES string of the molecule is CC1C=CC=CC(C2(C)C=CC=C(C#N)C2)C1c1cc(N2c3ccccc3C3C=CC=NC32)nc(-n2c3c(c4cc(C#N)ccc42)C=C(C#N)CC3)c1. The van der Waals surface area contributed by atoms with Crippen LogP contribution in [0.5, 0.6) is 0 Å². The highest BCUT2D eigenvalue weighted by molar-refractivity contribution is 5.95. The van der Waals surface area contributed by atoms with Crippen molar-refractivity contribution >= 4 is 34.7 Å². The van der Waals surface area contributed by atoms with Gasteiger partial charge in [0.05, 0.1) is 29.3 Å². The highest BCUT2D eigenvalue weighted by Gasteiger charge is 2.43. The number of nitriles is 3. The van der Waals surface area contributed by atoms with Crippen molar-refractivity contribution in [1.82, 2.24) is 9.55 Å². The number of pyridine rings is 1.